The minimum atomic E-state index is -0.497. The van der Waals surface area contributed by atoms with Gasteiger partial charge in [-0.15, -0.1) is 0 Å². The minimum Gasteiger partial charge on any atom is -0.496 e. The van der Waals surface area contributed by atoms with Crippen molar-refractivity contribution in [2.75, 3.05) is 13.7 Å². The molecule has 0 aromatic heterocycles. The van der Waals surface area contributed by atoms with E-state index in [-0.39, 0.29) is 12.5 Å². The molecule has 4 nitrogen and oxygen atoms in total. The Morgan fingerprint density at radius 1 is 1.44 bits per heavy atom. The summed E-state index contributed by atoms with van der Waals surface area (Å²) >= 11 is 0. The van der Waals surface area contributed by atoms with Gasteiger partial charge in [-0.2, -0.15) is 0 Å². The van der Waals surface area contributed by atoms with Gasteiger partial charge in [0.15, 0.2) is 0 Å². The van der Waals surface area contributed by atoms with Crippen molar-refractivity contribution >= 4 is 5.91 Å². The van der Waals surface area contributed by atoms with E-state index in [9.17, 15) is 4.79 Å². The van der Waals surface area contributed by atoms with Crippen molar-refractivity contribution in [3.05, 3.63) is 29.8 Å². The molecule has 1 rings (SSSR count). The van der Waals surface area contributed by atoms with Crippen LogP contribution in [-0.4, -0.2) is 19.6 Å². The van der Waals surface area contributed by atoms with Crippen LogP contribution >= 0.6 is 0 Å². The predicted molar refractivity (Wildman–Crippen MR) is 63.2 cm³/mol. The first-order valence-electron chi connectivity index (χ1n) is 5.16. The number of rotatable bonds is 4. The van der Waals surface area contributed by atoms with Crippen molar-refractivity contribution in [3.63, 3.8) is 0 Å². The number of benzene rings is 1. The fraction of sp³-hybridized carbons (Fsp3) is 0.417. The van der Waals surface area contributed by atoms with Crippen LogP contribution in [0.1, 0.15) is 19.4 Å². The molecule has 3 N–H and O–H groups in total. The van der Waals surface area contributed by atoms with E-state index in [0.29, 0.717) is 0 Å². The van der Waals surface area contributed by atoms with Crippen molar-refractivity contribution in [3.8, 4) is 5.75 Å². The van der Waals surface area contributed by atoms with Crippen LogP contribution in [0.25, 0.3) is 0 Å². The molecule has 0 unspecified atom stereocenters. The zero-order valence-electron chi connectivity index (χ0n) is 9.91. The SMILES string of the molecule is COc1ccccc1C(C)(C)NC(=O)CN. The summed E-state index contributed by atoms with van der Waals surface area (Å²) in [5, 5.41) is 2.85. The van der Waals surface area contributed by atoms with Gasteiger partial charge in [0.25, 0.3) is 0 Å². The second-order valence-corrected chi connectivity index (χ2v) is 4.08. The third kappa shape index (κ3) is 2.73. The zero-order chi connectivity index (χ0) is 12.2. The summed E-state index contributed by atoms with van der Waals surface area (Å²) in [7, 11) is 1.61. The first-order valence-corrected chi connectivity index (χ1v) is 5.16. The van der Waals surface area contributed by atoms with Crippen LogP contribution < -0.4 is 15.8 Å². The maximum absolute atomic E-state index is 11.3. The first-order chi connectivity index (χ1) is 7.51. The Labute approximate surface area is 95.8 Å². The summed E-state index contributed by atoms with van der Waals surface area (Å²) in [4.78, 5) is 11.3. The molecule has 4 heteroatoms. The summed E-state index contributed by atoms with van der Waals surface area (Å²) in [6.07, 6.45) is 0. The molecule has 0 radical (unpaired) electrons. The van der Waals surface area contributed by atoms with Gasteiger partial charge in [-0.1, -0.05) is 18.2 Å². The largest absolute Gasteiger partial charge is 0.496 e. The second-order valence-electron chi connectivity index (χ2n) is 4.08. The maximum atomic E-state index is 11.3. The van der Waals surface area contributed by atoms with Gasteiger partial charge in [0.1, 0.15) is 5.75 Å². The van der Waals surface area contributed by atoms with E-state index in [1.54, 1.807) is 7.11 Å². The highest BCUT2D eigenvalue weighted by Crippen LogP contribution is 2.28. The molecule has 0 spiro atoms. The number of ether oxygens (including phenoxy) is 1. The second kappa shape index (κ2) is 4.99. The number of methoxy groups -OCH3 is 1. The molecule has 1 amide bonds. The summed E-state index contributed by atoms with van der Waals surface area (Å²) in [5.74, 6) is 0.570. The van der Waals surface area contributed by atoms with Crippen LogP contribution in [0.5, 0.6) is 5.75 Å². The van der Waals surface area contributed by atoms with Crippen LogP contribution in [0, 0.1) is 0 Å². The van der Waals surface area contributed by atoms with Gasteiger partial charge in [-0.05, 0) is 19.9 Å². The summed E-state index contributed by atoms with van der Waals surface area (Å²) in [6.45, 7) is 3.81. The van der Waals surface area contributed by atoms with E-state index in [2.05, 4.69) is 5.32 Å². The van der Waals surface area contributed by atoms with Gasteiger partial charge in [0.05, 0.1) is 19.2 Å². The molecule has 0 bridgehead atoms. The Hall–Kier alpha value is -1.55. The standard InChI is InChI=1S/C12H18N2O2/c1-12(2,14-11(15)8-13)9-6-4-5-7-10(9)16-3/h4-7H,8,13H2,1-3H3,(H,14,15). The molecule has 0 aliphatic carbocycles. The molecular weight excluding hydrogens is 204 g/mol. The fourth-order valence-electron chi connectivity index (χ4n) is 1.63. The van der Waals surface area contributed by atoms with Crippen LogP contribution in [0.2, 0.25) is 0 Å². The number of nitrogens with one attached hydrogen (secondary N) is 1. The maximum Gasteiger partial charge on any atom is 0.234 e. The Balaban J connectivity index is 3.01. The third-order valence-electron chi connectivity index (χ3n) is 2.42. The highest BCUT2D eigenvalue weighted by molar-refractivity contribution is 5.78. The Morgan fingerprint density at radius 2 is 2.06 bits per heavy atom. The van der Waals surface area contributed by atoms with E-state index in [0.717, 1.165) is 11.3 Å². The quantitative estimate of drug-likeness (QED) is 0.799. The lowest BCUT2D eigenvalue weighted by Crippen LogP contribution is -2.44. The summed E-state index contributed by atoms with van der Waals surface area (Å²) < 4.78 is 5.26. The highest BCUT2D eigenvalue weighted by atomic mass is 16.5. The Kier molecular flexibility index (Phi) is 3.90. The van der Waals surface area contributed by atoms with E-state index >= 15 is 0 Å². The number of carbonyl (C=O) groups is 1. The zero-order valence-corrected chi connectivity index (χ0v) is 9.91. The molecule has 1 aromatic carbocycles. The third-order valence-corrected chi connectivity index (χ3v) is 2.42. The molecule has 0 atom stereocenters. The van der Waals surface area contributed by atoms with Crippen LogP contribution in [0.3, 0.4) is 0 Å². The molecule has 0 saturated heterocycles. The molecule has 88 valence electrons. The van der Waals surface area contributed by atoms with Crippen LogP contribution in [0.15, 0.2) is 24.3 Å². The molecule has 0 saturated carbocycles. The lowest BCUT2D eigenvalue weighted by atomic mass is 9.93. The highest BCUT2D eigenvalue weighted by Gasteiger charge is 2.25. The summed E-state index contributed by atoms with van der Waals surface area (Å²) in [5.41, 5.74) is 5.72. The lowest BCUT2D eigenvalue weighted by molar-refractivity contribution is -0.121. The van der Waals surface area contributed by atoms with Gasteiger partial charge in [0.2, 0.25) is 5.91 Å². The average molecular weight is 222 g/mol. The fourth-order valence-corrected chi connectivity index (χ4v) is 1.63. The van der Waals surface area contributed by atoms with Gasteiger partial charge in [-0.3, -0.25) is 4.79 Å². The Morgan fingerprint density at radius 3 is 2.62 bits per heavy atom. The molecule has 0 aliphatic rings. The molecule has 1 aromatic rings. The number of hydrogen-bond acceptors (Lipinski definition) is 3. The van der Waals surface area contributed by atoms with Gasteiger partial charge < -0.3 is 15.8 Å². The molecule has 0 heterocycles. The van der Waals surface area contributed by atoms with Crippen molar-refractivity contribution in [1.82, 2.24) is 5.32 Å². The van der Waals surface area contributed by atoms with Gasteiger partial charge >= 0.3 is 0 Å². The predicted octanol–water partition coefficient (Wildman–Crippen LogP) is 1.01. The number of amides is 1. The normalized spacial score (nSPS) is 11.0. The summed E-state index contributed by atoms with van der Waals surface area (Å²) in [6, 6.07) is 7.60. The smallest absolute Gasteiger partial charge is 0.234 e. The first kappa shape index (κ1) is 12.5. The van der Waals surface area contributed by atoms with Crippen molar-refractivity contribution in [2.45, 2.75) is 19.4 Å². The topological polar surface area (TPSA) is 64.3 Å². The van der Waals surface area contributed by atoms with Gasteiger partial charge in [-0.25, -0.2) is 0 Å². The van der Waals surface area contributed by atoms with Gasteiger partial charge in [0, 0.05) is 5.56 Å². The average Bonchev–Trinajstić information content (AvgIpc) is 2.28. The van der Waals surface area contributed by atoms with E-state index in [4.69, 9.17) is 10.5 Å². The van der Waals surface area contributed by atoms with Crippen molar-refractivity contribution in [2.24, 2.45) is 5.73 Å². The monoisotopic (exact) mass is 222 g/mol. The Bertz CT molecular complexity index is 375. The van der Waals surface area contributed by atoms with Crippen LogP contribution in [-0.2, 0) is 10.3 Å². The number of para-hydroxylation sites is 1. The minimum absolute atomic E-state index is 0.0153. The van der Waals surface area contributed by atoms with E-state index in [1.807, 2.05) is 38.1 Å². The molecule has 0 fully saturated rings. The number of nitrogens with two attached hydrogens (primary N) is 1. The number of hydrogen-bond donors (Lipinski definition) is 2. The molecule has 0 aliphatic heterocycles. The molecule has 16 heavy (non-hydrogen) atoms. The van der Waals surface area contributed by atoms with Crippen molar-refractivity contribution < 1.29 is 9.53 Å². The molecular formula is C12H18N2O2. The van der Waals surface area contributed by atoms with E-state index < -0.39 is 5.54 Å². The lowest BCUT2D eigenvalue weighted by Gasteiger charge is -2.28. The number of carbonyl (C=O) groups excluding carboxylic acids is 1. The van der Waals surface area contributed by atoms with E-state index in [1.165, 1.54) is 0 Å². The van der Waals surface area contributed by atoms with Crippen molar-refractivity contribution in [1.29, 1.82) is 0 Å². The van der Waals surface area contributed by atoms with Crippen LogP contribution in [0.4, 0.5) is 0 Å².